The van der Waals surface area contributed by atoms with E-state index in [2.05, 4.69) is 6.92 Å². The molecule has 2 rings (SSSR count). The van der Waals surface area contributed by atoms with E-state index in [0.29, 0.717) is 24.3 Å². The van der Waals surface area contributed by atoms with Crippen molar-refractivity contribution in [3.8, 4) is 0 Å². The molecule has 0 radical (unpaired) electrons. The molecule has 1 atom stereocenters. The average molecular weight is 365 g/mol. The van der Waals surface area contributed by atoms with Crippen molar-refractivity contribution in [2.75, 3.05) is 25.9 Å². The molecule has 0 spiro atoms. The second-order valence-corrected chi connectivity index (χ2v) is 7.66. The Kier molecular flexibility index (Phi) is 8.53. The number of fused-ring (bicyclic) bond motifs is 1. The van der Waals surface area contributed by atoms with Crippen LogP contribution in [0.15, 0.2) is 24.3 Å². The van der Waals surface area contributed by atoms with Gasteiger partial charge in [0.15, 0.2) is 8.38 Å². The van der Waals surface area contributed by atoms with E-state index in [0.717, 1.165) is 44.9 Å². The Hall–Kier alpha value is -1.29. The Morgan fingerprint density at radius 3 is 2.16 bits per heavy atom. The van der Waals surface area contributed by atoms with Gasteiger partial charge in [-0.05, 0) is 38.3 Å². The van der Waals surface area contributed by atoms with Crippen LogP contribution in [0, 0.1) is 0 Å². The van der Waals surface area contributed by atoms with Crippen molar-refractivity contribution >= 4 is 20.2 Å². The molecule has 0 aliphatic carbocycles. The Balaban J connectivity index is 1.65. The van der Waals surface area contributed by atoms with Gasteiger partial charge < -0.3 is 9.05 Å². The van der Waals surface area contributed by atoms with Gasteiger partial charge in [0.2, 0.25) is 0 Å². The van der Waals surface area contributed by atoms with E-state index in [1.165, 1.54) is 4.90 Å². The van der Waals surface area contributed by atoms with Crippen molar-refractivity contribution in [1.29, 1.82) is 0 Å². The van der Waals surface area contributed by atoms with E-state index in [1.807, 2.05) is 6.92 Å². The zero-order chi connectivity index (χ0) is 18.1. The van der Waals surface area contributed by atoms with Gasteiger partial charge in [0.05, 0.1) is 24.3 Å². The highest BCUT2D eigenvalue weighted by molar-refractivity contribution is 7.47. The molecule has 0 N–H and O–H groups in total. The fourth-order valence-electron chi connectivity index (χ4n) is 2.81. The molecule has 1 heterocycles. The van der Waals surface area contributed by atoms with Crippen LogP contribution in [0.25, 0.3) is 0 Å². The van der Waals surface area contributed by atoms with Crippen molar-refractivity contribution in [3.05, 3.63) is 35.4 Å². The molecule has 6 heteroatoms. The first kappa shape index (κ1) is 20.0. The summed E-state index contributed by atoms with van der Waals surface area (Å²) in [5, 5.41) is 0. The van der Waals surface area contributed by atoms with Crippen LogP contribution in [-0.4, -0.2) is 42.6 Å². The van der Waals surface area contributed by atoms with Gasteiger partial charge >= 0.3 is 0 Å². The van der Waals surface area contributed by atoms with E-state index >= 15 is 0 Å². The lowest BCUT2D eigenvalue weighted by Crippen LogP contribution is -2.30. The maximum absolute atomic E-state index is 12.3. The van der Waals surface area contributed by atoms with Gasteiger partial charge in [0, 0.05) is 12.7 Å². The van der Waals surface area contributed by atoms with Crippen LogP contribution >= 0.6 is 8.38 Å². The predicted molar refractivity (Wildman–Crippen MR) is 99.9 cm³/mol. The van der Waals surface area contributed by atoms with E-state index < -0.39 is 8.38 Å². The highest BCUT2D eigenvalue weighted by Gasteiger charge is 2.34. The fraction of sp³-hybridized carbons (Fsp3) is 0.579. The third kappa shape index (κ3) is 5.60. The van der Waals surface area contributed by atoms with Gasteiger partial charge in [-0.1, -0.05) is 31.9 Å². The van der Waals surface area contributed by atoms with Crippen molar-refractivity contribution in [2.24, 2.45) is 0 Å². The molecular weight excluding hydrogens is 337 g/mol. The molecule has 0 bridgehead atoms. The second-order valence-electron chi connectivity index (χ2n) is 6.03. The molecule has 138 valence electrons. The van der Waals surface area contributed by atoms with Crippen molar-refractivity contribution in [1.82, 2.24) is 4.90 Å². The largest absolute Gasteiger partial charge is 0.334 e. The fourth-order valence-corrected chi connectivity index (χ4v) is 4.30. The highest BCUT2D eigenvalue weighted by Crippen LogP contribution is 2.39. The second kappa shape index (κ2) is 10.6. The zero-order valence-corrected chi connectivity index (χ0v) is 16.1. The van der Waals surface area contributed by atoms with Crippen LogP contribution in [-0.2, 0) is 9.05 Å². The van der Waals surface area contributed by atoms with Crippen molar-refractivity contribution < 1.29 is 18.6 Å². The molecule has 1 aromatic rings. The van der Waals surface area contributed by atoms with Crippen molar-refractivity contribution in [3.63, 3.8) is 0 Å². The van der Waals surface area contributed by atoms with Gasteiger partial charge in [-0.3, -0.25) is 14.5 Å². The van der Waals surface area contributed by atoms with Gasteiger partial charge in [-0.25, -0.2) is 0 Å². The van der Waals surface area contributed by atoms with E-state index in [1.54, 1.807) is 24.3 Å². The summed E-state index contributed by atoms with van der Waals surface area (Å²) in [6.07, 6.45) is 5.91. The van der Waals surface area contributed by atoms with Crippen LogP contribution in [0.1, 0.15) is 66.7 Å². The molecular formula is C19H28NO4P. The molecule has 1 unspecified atom stereocenters. The molecule has 25 heavy (non-hydrogen) atoms. The topological polar surface area (TPSA) is 55.8 Å². The standard InChI is InChI=1S/C19H28NO4P/c1-3-14-24-25(23-4-2)15-10-6-5-9-13-20-18(21)16-11-7-8-12-17(16)19(20)22/h7-8,11-12H,3-6,9-10,13-15H2,1-2H3. The predicted octanol–water partition coefficient (Wildman–Crippen LogP) is 4.62. The number of rotatable bonds is 12. The molecule has 1 aliphatic heterocycles. The van der Waals surface area contributed by atoms with Crippen LogP contribution in [0.3, 0.4) is 0 Å². The lowest BCUT2D eigenvalue weighted by atomic mass is 10.1. The minimum Gasteiger partial charge on any atom is -0.334 e. The zero-order valence-electron chi connectivity index (χ0n) is 15.2. The molecule has 2 amide bonds. The van der Waals surface area contributed by atoms with Gasteiger partial charge in [0.25, 0.3) is 11.8 Å². The first-order valence-electron chi connectivity index (χ1n) is 9.17. The summed E-state index contributed by atoms with van der Waals surface area (Å²) in [6.45, 7) is 6.03. The Morgan fingerprint density at radius 2 is 1.56 bits per heavy atom. The maximum atomic E-state index is 12.3. The Morgan fingerprint density at radius 1 is 0.920 bits per heavy atom. The normalized spacial score (nSPS) is 14.9. The Bertz CT molecular complexity index is 543. The van der Waals surface area contributed by atoms with Crippen molar-refractivity contribution in [2.45, 2.75) is 46.0 Å². The number of hydrogen-bond acceptors (Lipinski definition) is 4. The smallest absolute Gasteiger partial charge is 0.261 e. The summed E-state index contributed by atoms with van der Waals surface area (Å²) < 4.78 is 11.4. The summed E-state index contributed by atoms with van der Waals surface area (Å²) in [6, 6.07) is 7.04. The molecule has 0 saturated carbocycles. The average Bonchev–Trinajstić information content (AvgIpc) is 2.87. The minimum atomic E-state index is -0.761. The van der Waals surface area contributed by atoms with Crippen LogP contribution in [0.2, 0.25) is 0 Å². The molecule has 0 fully saturated rings. The van der Waals surface area contributed by atoms with Crippen LogP contribution < -0.4 is 0 Å². The van der Waals surface area contributed by atoms with Crippen LogP contribution in [0.5, 0.6) is 0 Å². The Labute approximate surface area is 151 Å². The monoisotopic (exact) mass is 365 g/mol. The van der Waals surface area contributed by atoms with Gasteiger partial charge in [0.1, 0.15) is 0 Å². The number of unbranched alkanes of at least 4 members (excludes halogenated alkanes) is 3. The lowest BCUT2D eigenvalue weighted by Gasteiger charge is -2.16. The summed E-state index contributed by atoms with van der Waals surface area (Å²) in [4.78, 5) is 25.9. The molecule has 0 aromatic heterocycles. The maximum Gasteiger partial charge on any atom is 0.261 e. The molecule has 0 saturated heterocycles. The van der Waals surface area contributed by atoms with Gasteiger partial charge in [-0.15, -0.1) is 0 Å². The number of nitrogens with zero attached hydrogens (tertiary/aromatic N) is 1. The SMILES string of the molecule is CCCOP(CCCCCCN1C(=O)c2ccccc2C1=O)OCC. The highest BCUT2D eigenvalue weighted by atomic mass is 31.2. The number of hydrogen-bond donors (Lipinski definition) is 0. The first-order valence-corrected chi connectivity index (χ1v) is 10.5. The lowest BCUT2D eigenvalue weighted by molar-refractivity contribution is 0.0651. The first-order chi connectivity index (χ1) is 12.2. The molecule has 1 aromatic carbocycles. The number of carbonyl (C=O) groups excluding carboxylic acids is 2. The number of benzene rings is 1. The quantitative estimate of drug-likeness (QED) is 0.308. The summed E-state index contributed by atoms with van der Waals surface area (Å²) in [5.74, 6) is -0.318. The number of imide groups is 1. The third-order valence-electron chi connectivity index (χ3n) is 4.06. The molecule has 5 nitrogen and oxygen atoms in total. The summed E-state index contributed by atoms with van der Waals surface area (Å²) in [7, 11) is -0.761. The third-order valence-corrected chi connectivity index (χ3v) is 5.76. The number of amides is 2. The van der Waals surface area contributed by atoms with E-state index in [-0.39, 0.29) is 11.8 Å². The minimum absolute atomic E-state index is 0.159. The van der Waals surface area contributed by atoms with Crippen LogP contribution in [0.4, 0.5) is 0 Å². The summed E-state index contributed by atoms with van der Waals surface area (Å²) >= 11 is 0. The van der Waals surface area contributed by atoms with Gasteiger partial charge in [-0.2, -0.15) is 0 Å². The molecule has 1 aliphatic rings. The van der Waals surface area contributed by atoms with E-state index in [9.17, 15) is 9.59 Å². The summed E-state index contributed by atoms with van der Waals surface area (Å²) in [5.41, 5.74) is 1.06. The van der Waals surface area contributed by atoms with E-state index in [4.69, 9.17) is 9.05 Å². The number of carbonyl (C=O) groups is 2.